The van der Waals surface area contributed by atoms with Crippen LogP contribution < -0.4 is 0 Å². The van der Waals surface area contributed by atoms with Crippen LogP contribution in [0.2, 0.25) is 0 Å². The molecule has 1 atom stereocenters. The third-order valence-corrected chi connectivity index (χ3v) is 9.71. The van der Waals surface area contributed by atoms with Gasteiger partial charge < -0.3 is 14.2 Å². The Hall–Kier alpha value is -3.41. The molecule has 0 N–H and O–H groups in total. The first kappa shape index (κ1) is 54.6. The lowest BCUT2D eigenvalue weighted by molar-refractivity contribution is -0.167. The summed E-state index contributed by atoms with van der Waals surface area (Å²) in [7, 11) is 0. The molecule has 0 aromatic carbocycles. The normalized spacial score (nSPS) is 12.8. The summed E-state index contributed by atoms with van der Waals surface area (Å²) in [5.74, 6) is -0.959. The molecule has 0 amide bonds. The fraction of sp³-hybridized carbons (Fsp3) is 0.673. The Labute approximate surface area is 356 Å². The van der Waals surface area contributed by atoms with Gasteiger partial charge in [-0.3, -0.25) is 14.4 Å². The molecule has 58 heavy (non-hydrogen) atoms. The number of unbranched alkanes of at least 4 members (excludes halogenated alkanes) is 19. The van der Waals surface area contributed by atoms with Crippen molar-refractivity contribution in [3.8, 4) is 0 Å². The zero-order valence-electron chi connectivity index (χ0n) is 37.5. The largest absolute Gasteiger partial charge is 0.462 e. The van der Waals surface area contributed by atoms with E-state index in [1.54, 1.807) is 0 Å². The quantitative estimate of drug-likeness (QED) is 0.0201. The molecule has 0 heterocycles. The van der Waals surface area contributed by atoms with E-state index in [4.69, 9.17) is 14.2 Å². The van der Waals surface area contributed by atoms with Crippen molar-refractivity contribution in [3.63, 3.8) is 0 Å². The van der Waals surface area contributed by atoms with E-state index in [1.165, 1.54) is 38.5 Å². The van der Waals surface area contributed by atoms with E-state index in [9.17, 15) is 14.4 Å². The van der Waals surface area contributed by atoms with E-state index in [0.29, 0.717) is 19.3 Å². The molecule has 0 saturated heterocycles. The van der Waals surface area contributed by atoms with Crippen molar-refractivity contribution in [2.75, 3.05) is 13.2 Å². The van der Waals surface area contributed by atoms with Gasteiger partial charge in [0.1, 0.15) is 13.2 Å². The molecular weight excluding hydrogens is 721 g/mol. The molecule has 0 aliphatic heterocycles. The first-order chi connectivity index (χ1) is 28.5. The first-order valence-electron chi connectivity index (χ1n) is 23.6. The van der Waals surface area contributed by atoms with E-state index in [-0.39, 0.29) is 31.1 Å². The van der Waals surface area contributed by atoms with E-state index >= 15 is 0 Å². The number of carbonyl (C=O) groups is 3. The first-order valence-corrected chi connectivity index (χ1v) is 23.6. The zero-order chi connectivity index (χ0) is 42.3. The highest BCUT2D eigenvalue weighted by Gasteiger charge is 2.19. The van der Waals surface area contributed by atoms with Gasteiger partial charge >= 0.3 is 17.9 Å². The van der Waals surface area contributed by atoms with Gasteiger partial charge in [-0.1, -0.05) is 183 Å². The van der Waals surface area contributed by atoms with E-state index < -0.39 is 6.10 Å². The van der Waals surface area contributed by atoms with Crippen LogP contribution in [-0.4, -0.2) is 37.2 Å². The number of rotatable bonds is 41. The Morgan fingerprint density at radius 1 is 0.379 bits per heavy atom. The van der Waals surface area contributed by atoms with Crippen LogP contribution in [0.4, 0.5) is 0 Å². The third kappa shape index (κ3) is 43.7. The maximum Gasteiger partial charge on any atom is 0.306 e. The van der Waals surface area contributed by atoms with Gasteiger partial charge in [0.15, 0.2) is 6.10 Å². The van der Waals surface area contributed by atoms with Crippen molar-refractivity contribution in [1.29, 1.82) is 0 Å². The molecule has 0 saturated carbocycles. The predicted molar refractivity (Wildman–Crippen MR) is 247 cm³/mol. The minimum atomic E-state index is -0.798. The number of hydrogen-bond acceptors (Lipinski definition) is 6. The second-order valence-electron chi connectivity index (χ2n) is 15.3. The van der Waals surface area contributed by atoms with Crippen molar-refractivity contribution in [2.24, 2.45) is 0 Å². The summed E-state index contributed by atoms with van der Waals surface area (Å²) in [6.45, 7) is 6.32. The monoisotopic (exact) mass is 807 g/mol. The lowest BCUT2D eigenvalue weighted by atomic mass is 10.1. The SMILES string of the molecule is CC\C=C/C=C\C=C/C=C\CCCCCCCC(=O)OCC(COC(=O)CCCCCCC/C=C\C/C=C\CC)OC(=O)CCCCC/C=C\CCCCCCCC. The number of esters is 3. The van der Waals surface area contributed by atoms with Crippen LogP contribution in [0, 0.1) is 0 Å². The van der Waals surface area contributed by atoms with Crippen LogP contribution in [0.3, 0.4) is 0 Å². The van der Waals surface area contributed by atoms with Gasteiger partial charge in [0.05, 0.1) is 0 Å². The summed E-state index contributed by atoms with van der Waals surface area (Å²) < 4.78 is 16.7. The molecule has 0 radical (unpaired) electrons. The summed E-state index contributed by atoms with van der Waals surface area (Å²) in [6, 6.07) is 0. The standard InChI is InChI=1S/C52H86O6/c1-4-7-10-13-16-19-22-25-26-28-30-33-36-39-42-45-51(54)57-48-49(47-56-50(53)44-41-38-35-32-29-24-21-18-15-12-9-6-3)58-52(55)46-43-40-37-34-31-27-23-20-17-14-11-8-5-2/h7,9-10,12-13,16,18-19,21-22,25-27,31,49H,4-6,8,11,14-15,17,20,23-24,28-30,32-48H2,1-3H3/b10-7-,12-9-,16-13-,21-18-,22-19-,26-25-,31-27-. The molecule has 6 nitrogen and oxygen atoms in total. The number of carbonyl (C=O) groups excluding carboxylic acids is 3. The Bertz CT molecular complexity index is 1160. The number of hydrogen-bond donors (Lipinski definition) is 0. The molecule has 0 aromatic rings. The van der Waals surface area contributed by atoms with Crippen molar-refractivity contribution >= 4 is 17.9 Å². The molecule has 0 fully saturated rings. The van der Waals surface area contributed by atoms with Crippen LogP contribution >= 0.6 is 0 Å². The van der Waals surface area contributed by atoms with Crippen LogP contribution in [0.5, 0.6) is 0 Å². The summed E-state index contributed by atoms with van der Waals surface area (Å²) in [6.07, 6.45) is 58.5. The van der Waals surface area contributed by atoms with Crippen LogP contribution in [0.15, 0.2) is 85.1 Å². The average Bonchev–Trinajstić information content (AvgIpc) is 3.22. The highest BCUT2D eigenvalue weighted by Crippen LogP contribution is 2.13. The molecule has 0 aromatic heterocycles. The maximum atomic E-state index is 12.7. The predicted octanol–water partition coefficient (Wildman–Crippen LogP) is 15.3. The Morgan fingerprint density at radius 2 is 0.759 bits per heavy atom. The second-order valence-corrected chi connectivity index (χ2v) is 15.3. The minimum absolute atomic E-state index is 0.0989. The lowest BCUT2D eigenvalue weighted by Gasteiger charge is -2.18. The van der Waals surface area contributed by atoms with Gasteiger partial charge in [0.25, 0.3) is 0 Å². The fourth-order valence-corrected chi connectivity index (χ4v) is 6.19. The van der Waals surface area contributed by atoms with Gasteiger partial charge in [-0.05, 0) is 89.9 Å². The second kappa shape index (κ2) is 46.3. The van der Waals surface area contributed by atoms with Crippen LogP contribution in [0.25, 0.3) is 0 Å². The molecular formula is C52H86O6. The highest BCUT2D eigenvalue weighted by molar-refractivity contribution is 5.71. The van der Waals surface area contributed by atoms with Crippen LogP contribution in [-0.2, 0) is 28.6 Å². The molecule has 6 heteroatoms. The molecule has 1 unspecified atom stereocenters. The zero-order valence-corrected chi connectivity index (χ0v) is 37.5. The van der Waals surface area contributed by atoms with Gasteiger partial charge in [-0.2, -0.15) is 0 Å². The minimum Gasteiger partial charge on any atom is -0.462 e. The summed E-state index contributed by atoms with van der Waals surface area (Å²) >= 11 is 0. The van der Waals surface area contributed by atoms with Gasteiger partial charge in [0, 0.05) is 19.3 Å². The Balaban J connectivity index is 4.47. The van der Waals surface area contributed by atoms with Crippen LogP contribution in [0.1, 0.15) is 207 Å². The molecule has 0 aliphatic rings. The molecule has 0 spiro atoms. The summed E-state index contributed by atoms with van der Waals surface area (Å²) in [5, 5.41) is 0. The van der Waals surface area contributed by atoms with Crippen molar-refractivity contribution in [2.45, 2.75) is 213 Å². The molecule has 330 valence electrons. The van der Waals surface area contributed by atoms with E-state index in [0.717, 1.165) is 128 Å². The van der Waals surface area contributed by atoms with Gasteiger partial charge in [-0.15, -0.1) is 0 Å². The molecule has 0 rings (SSSR count). The molecule has 0 aliphatic carbocycles. The summed E-state index contributed by atoms with van der Waals surface area (Å²) in [5.41, 5.74) is 0. The average molecular weight is 807 g/mol. The Kier molecular flexibility index (Phi) is 43.6. The molecule has 0 bridgehead atoms. The highest BCUT2D eigenvalue weighted by atomic mass is 16.6. The smallest absolute Gasteiger partial charge is 0.306 e. The maximum absolute atomic E-state index is 12.7. The number of ether oxygens (including phenoxy) is 3. The van der Waals surface area contributed by atoms with Crippen molar-refractivity contribution in [1.82, 2.24) is 0 Å². The lowest BCUT2D eigenvalue weighted by Crippen LogP contribution is -2.30. The fourth-order valence-electron chi connectivity index (χ4n) is 6.19. The van der Waals surface area contributed by atoms with E-state index in [2.05, 4.69) is 81.5 Å². The van der Waals surface area contributed by atoms with E-state index in [1.807, 2.05) is 24.3 Å². The van der Waals surface area contributed by atoms with Crippen molar-refractivity contribution < 1.29 is 28.6 Å². The van der Waals surface area contributed by atoms with Gasteiger partial charge in [0.2, 0.25) is 0 Å². The third-order valence-electron chi connectivity index (χ3n) is 9.71. The van der Waals surface area contributed by atoms with Gasteiger partial charge in [-0.25, -0.2) is 0 Å². The topological polar surface area (TPSA) is 78.9 Å². The summed E-state index contributed by atoms with van der Waals surface area (Å²) in [4.78, 5) is 37.8. The number of allylic oxidation sites excluding steroid dienone is 14. The Morgan fingerprint density at radius 3 is 1.28 bits per heavy atom. The van der Waals surface area contributed by atoms with Crippen molar-refractivity contribution in [3.05, 3.63) is 85.1 Å².